The lowest BCUT2D eigenvalue weighted by atomic mass is 10.1. The van der Waals surface area contributed by atoms with Gasteiger partial charge in [0.05, 0.1) is 0 Å². The molecule has 1 heterocycles. The topological polar surface area (TPSA) is 30.0 Å². The summed E-state index contributed by atoms with van der Waals surface area (Å²) < 4.78 is 0. The summed E-state index contributed by atoms with van der Waals surface area (Å²) in [7, 11) is 0. The summed E-state index contributed by atoms with van der Waals surface area (Å²) in [6.45, 7) is 5.53. The molecule has 1 aromatic heterocycles. The van der Waals surface area contributed by atoms with E-state index in [9.17, 15) is 4.79 Å². The minimum Gasteiger partial charge on any atom is -0.294 e. The van der Waals surface area contributed by atoms with Crippen molar-refractivity contribution >= 4 is 5.78 Å². The molecule has 0 aliphatic rings. The Hall–Kier alpha value is -1.44. The van der Waals surface area contributed by atoms with Crippen LogP contribution in [0.15, 0.2) is 31.0 Å². The number of pyridine rings is 1. The summed E-state index contributed by atoms with van der Waals surface area (Å²) in [5.74, 6) is 0.166. The van der Waals surface area contributed by atoms with Crippen LogP contribution in [0.2, 0.25) is 0 Å². The molecule has 2 heteroatoms. The SMILES string of the molecule is C=CCCCC(=O)c1ccc(C)nc1. The van der Waals surface area contributed by atoms with Gasteiger partial charge >= 0.3 is 0 Å². The summed E-state index contributed by atoms with van der Waals surface area (Å²) >= 11 is 0. The van der Waals surface area contributed by atoms with E-state index in [-0.39, 0.29) is 5.78 Å². The molecule has 0 aliphatic heterocycles. The summed E-state index contributed by atoms with van der Waals surface area (Å²) in [6, 6.07) is 3.69. The van der Waals surface area contributed by atoms with E-state index in [1.54, 1.807) is 6.20 Å². The van der Waals surface area contributed by atoms with Crippen molar-refractivity contribution < 1.29 is 4.79 Å². The first-order chi connectivity index (χ1) is 6.74. The van der Waals surface area contributed by atoms with Crippen LogP contribution in [0.4, 0.5) is 0 Å². The van der Waals surface area contributed by atoms with Crippen molar-refractivity contribution in [1.82, 2.24) is 4.98 Å². The Morgan fingerprint density at radius 2 is 2.36 bits per heavy atom. The Labute approximate surface area is 84.7 Å². The number of Topliss-reactive ketones (excluding diaryl/α,β-unsaturated/α-hetero) is 1. The largest absolute Gasteiger partial charge is 0.294 e. The second-order valence-corrected chi connectivity index (χ2v) is 3.29. The number of allylic oxidation sites excluding steroid dienone is 1. The van der Waals surface area contributed by atoms with Gasteiger partial charge < -0.3 is 0 Å². The standard InChI is InChI=1S/C12H15NO/c1-3-4-5-6-12(14)11-8-7-10(2)13-9-11/h3,7-9H,1,4-6H2,2H3. The summed E-state index contributed by atoms with van der Waals surface area (Å²) in [6.07, 6.45) is 5.82. The number of ketones is 1. The predicted octanol–water partition coefficient (Wildman–Crippen LogP) is 2.93. The first-order valence-electron chi connectivity index (χ1n) is 4.81. The third-order valence-electron chi connectivity index (χ3n) is 2.05. The Bertz CT molecular complexity index is 314. The lowest BCUT2D eigenvalue weighted by molar-refractivity contribution is 0.0980. The first-order valence-corrected chi connectivity index (χ1v) is 4.81. The van der Waals surface area contributed by atoms with Crippen LogP contribution in [0, 0.1) is 6.92 Å². The average Bonchev–Trinajstić information content (AvgIpc) is 2.19. The zero-order valence-corrected chi connectivity index (χ0v) is 8.49. The van der Waals surface area contributed by atoms with Crippen molar-refractivity contribution in [2.24, 2.45) is 0 Å². The Kier molecular flexibility index (Phi) is 4.05. The van der Waals surface area contributed by atoms with Crippen molar-refractivity contribution in [3.05, 3.63) is 42.2 Å². The molecule has 0 amide bonds. The average molecular weight is 189 g/mol. The second-order valence-electron chi connectivity index (χ2n) is 3.29. The smallest absolute Gasteiger partial charge is 0.164 e. The molecule has 0 saturated heterocycles. The van der Waals surface area contributed by atoms with Gasteiger partial charge in [0.15, 0.2) is 5.78 Å². The van der Waals surface area contributed by atoms with E-state index in [1.807, 2.05) is 25.1 Å². The molecule has 1 aromatic rings. The number of unbranched alkanes of at least 4 members (excludes halogenated alkanes) is 1. The molecule has 0 fully saturated rings. The number of nitrogens with zero attached hydrogens (tertiary/aromatic N) is 1. The highest BCUT2D eigenvalue weighted by molar-refractivity contribution is 5.95. The van der Waals surface area contributed by atoms with E-state index in [4.69, 9.17) is 0 Å². The van der Waals surface area contributed by atoms with E-state index >= 15 is 0 Å². The molecule has 0 unspecified atom stereocenters. The van der Waals surface area contributed by atoms with Crippen LogP contribution in [-0.2, 0) is 0 Å². The van der Waals surface area contributed by atoms with Crippen LogP contribution in [0.3, 0.4) is 0 Å². The van der Waals surface area contributed by atoms with Gasteiger partial charge in [0, 0.05) is 23.9 Å². The molecule has 14 heavy (non-hydrogen) atoms. The van der Waals surface area contributed by atoms with Crippen molar-refractivity contribution in [1.29, 1.82) is 0 Å². The summed E-state index contributed by atoms with van der Waals surface area (Å²) in [4.78, 5) is 15.6. The molecule has 0 bridgehead atoms. The molecule has 0 radical (unpaired) electrons. The van der Waals surface area contributed by atoms with Crippen LogP contribution in [0.5, 0.6) is 0 Å². The van der Waals surface area contributed by atoms with Crippen LogP contribution in [0.25, 0.3) is 0 Å². The van der Waals surface area contributed by atoms with Crippen LogP contribution < -0.4 is 0 Å². The van der Waals surface area contributed by atoms with Gasteiger partial charge in [0.2, 0.25) is 0 Å². The molecule has 0 N–H and O–H groups in total. The van der Waals surface area contributed by atoms with Gasteiger partial charge in [-0.3, -0.25) is 9.78 Å². The van der Waals surface area contributed by atoms with Crippen molar-refractivity contribution in [3.8, 4) is 0 Å². The third kappa shape index (κ3) is 3.13. The van der Waals surface area contributed by atoms with E-state index in [0.717, 1.165) is 18.5 Å². The Balaban J connectivity index is 2.52. The number of aryl methyl sites for hydroxylation is 1. The van der Waals surface area contributed by atoms with Gasteiger partial charge in [-0.2, -0.15) is 0 Å². The van der Waals surface area contributed by atoms with Gasteiger partial charge in [-0.05, 0) is 31.9 Å². The number of hydrogen-bond acceptors (Lipinski definition) is 2. The van der Waals surface area contributed by atoms with Crippen molar-refractivity contribution in [2.75, 3.05) is 0 Å². The summed E-state index contributed by atoms with van der Waals surface area (Å²) in [5, 5.41) is 0. The Morgan fingerprint density at radius 1 is 1.57 bits per heavy atom. The van der Waals surface area contributed by atoms with E-state index < -0.39 is 0 Å². The van der Waals surface area contributed by atoms with E-state index in [0.29, 0.717) is 12.0 Å². The minimum absolute atomic E-state index is 0.166. The Morgan fingerprint density at radius 3 is 2.93 bits per heavy atom. The fourth-order valence-electron chi connectivity index (χ4n) is 1.18. The lowest BCUT2D eigenvalue weighted by Crippen LogP contribution is -1.99. The number of hydrogen-bond donors (Lipinski definition) is 0. The molecule has 0 aromatic carbocycles. The number of aromatic nitrogens is 1. The quantitative estimate of drug-likeness (QED) is 0.405. The molecular weight excluding hydrogens is 174 g/mol. The summed E-state index contributed by atoms with van der Waals surface area (Å²) in [5.41, 5.74) is 1.65. The maximum absolute atomic E-state index is 11.6. The lowest BCUT2D eigenvalue weighted by Gasteiger charge is -1.99. The van der Waals surface area contributed by atoms with Crippen LogP contribution in [0.1, 0.15) is 35.3 Å². The zero-order valence-electron chi connectivity index (χ0n) is 8.49. The first kappa shape index (κ1) is 10.6. The van der Waals surface area contributed by atoms with Gasteiger partial charge in [-0.1, -0.05) is 6.08 Å². The van der Waals surface area contributed by atoms with E-state index in [1.165, 1.54) is 0 Å². The number of rotatable bonds is 5. The normalized spacial score (nSPS) is 9.79. The molecule has 0 saturated carbocycles. The van der Waals surface area contributed by atoms with Crippen LogP contribution in [-0.4, -0.2) is 10.8 Å². The fraction of sp³-hybridized carbons (Fsp3) is 0.333. The minimum atomic E-state index is 0.166. The molecule has 0 aliphatic carbocycles. The molecule has 74 valence electrons. The van der Waals surface area contributed by atoms with Crippen molar-refractivity contribution in [2.45, 2.75) is 26.2 Å². The third-order valence-corrected chi connectivity index (χ3v) is 2.05. The van der Waals surface area contributed by atoms with Gasteiger partial charge in [-0.15, -0.1) is 6.58 Å². The fourth-order valence-corrected chi connectivity index (χ4v) is 1.18. The van der Waals surface area contributed by atoms with E-state index in [2.05, 4.69) is 11.6 Å². The molecule has 2 nitrogen and oxygen atoms in total. The monoisotopic (exact) mass is 189 g/mol. The second kappa shape index (κ2) is 5.32. The maximum Gasteiger partial charge on any atom is 0.164 e. The highest BCUT2D eigenvalue weighted by Gasteiger charge is 2.04. The molecule has 1 rings (SSSR count). The van der Waals surface area contributed by atoms with Crippen molar-refractivity contribution in [3.63, 3.8) is 0 Å². The number of carbonyl (C=O) groups is 1. The van der Waals surface area contributed by atoms with Gasteiger partial charge in [0.1, 0.15) is 0 Å². The molecule has 0 spiro atoms. The highest BCUT2D eigenvalue weighted by atomic mass is 16.1. The zero-order chi connectivity index (χ0) is 10.4. The highest BCUT2D eigenvalue weighted by Crippen LogP contribution is 2.06. The predicted molar refractivity (Wildman–Crippen MR) is 57.4 cm³/mol. The van der Waals surface area contributed by atoms with Gasteiger partial charge in [0.25, 0.3) is 0 Å². The molecular formula is C12H15NO. The van der Waals surface area contributed by atoms with Gasteiger partial charge in [-0.25, -0.2) is 0 Å². The molecule has 0 atom stereocenters. The number of carbonyl (C=O) groups excluding carboxylic acids is 1. The van der Waals surface area contributed by atoms with Crippen LogP contribution >= 0.6 is 0 Å². The maximum atomic E-state index is 11.6.